The maximum atomic E-state index is 9.55. The lowest BCUT2D eigenvalue weighted by Crippen LogP contribution is -1.99. The highest BCUT2D eigenvalue weighted by atomic mass is 16.6. The Balaban J connectivity index is 0. The van der Waals surface area contributed by atoms with E-state index in [4.69, 9.17) is 24.8 Å². The second-order valence-corrected chi connectivity index (χ2v) is 3.84. The van der Waals surface area contributed by atoms with Crippen LogP contribution in [0.15, 0.2) is 12.2 Å². The van der Waals surface area contributed by atoms with E-state index in [2.05, 4.69) is 13.8 Å². The molecule has 0 amide bonds. The van der Waals surface area contributed by atoms with Crippen LogP contribution in [0.3, 0.4) is 0 Å². The average molecular weight is 292 g/mol. The van der Waals surface area contributed by atoms with E-state index < -0.39 is 11.9 Å². The third kappa shape index (κ3) is 30.0. The lowest BCUT2D eigenvalue weighted by molar-refractivity contribution is -0.134. The van der Waals surface area contributed by atoms with Crippen LogP contribution in [0.4, 0.5) is 0 Å². The van der Waals surface area contributed by atoms with Crippen LogP contribution in [0.5, 0.6) is 0 Å². The van der Waals surface area contributed by atoms with Crippen molar-refractivity contribution >= 4 is 11.9 Å². The maximum Gasteiger partial charge on any atom is 0.328 e. The summed E-state index contributed by atoms with van der Waals surface area (Å²) in [5, 5.41) is 23.9. The molecule has 3 N–H and O–H groups in total. The minimum Gasteiger partial charge on any atom is -0.478 e. The molecular weight excluding hydrogens is 268 g/mol. The summed E-state index contributed by atoms with van der Waals surface area (Å²) < 4.78 is 9.68. The van der Waals surface area contributed by atoms with Crippen LogP contribution in [0.1, 0.15) is 26.7 Å². The molecule has 1 atom stereocenters. The molecule has 1 aliphatic rings. The van der Waals surface area contributed by atoms with Crippen molar-refractivity contribution in [3.63, 3.8) is 0 Å². The van der Waals surface area contributed by atoms with Gasteiger partial charge in [-0.1, -0.05) is 13.3 Å². The molecule has 0 aromatic rings. The van der Waals surface area contributed by atoms with Crippen LogP contribution in [0.2, 0.25) is 0 Å². The highest BCUT2D eigenvalue weighted by Gasteiger charge is 2.13. The van der Waals surface area contributed by atoms with Gasteiger partial charge in [0.25, 0.3) is 0 Å². The summed E-state index contributed by atoms with van der Waals surface area (Å²) in [4.78, 5) is 19.1. The quantitative estimate of drug-likeness (QED) is 0.363. The van der Waals surface area contributed by atoms with Crippen molar-refractivity contribution in [3.8, 4) is 0 Å². The smallest absolute Gasteiger partial charge is 0.328 e. The number of hydrogen-bond donors (Lipinski definition) is 3. The monoisotopic (exact) mass is 292 g/mol. The highest BCUT2D eigenvalue weighted by Crippen LogP contribution is 2.04. The first-order chi connectivity index (χ1) is 9.43. The highest BCUT2D eigenvalue weighted by molar-refractivity contribution is 5.89. The van der Waals surface area contributed by atoms with Gasteiger partial charge in [0.2, 0.25) is 0 Å². The molecule has 1 unspecified atom stereocenters. The Hall–Kier alpha value is -1.44. The SMILES string of the molecule is CC1CO1.CCCCOCCO.O=C(O)/C=C\C(=O)O. The van der Waals surface area contributed by atoms with Crippen molar-refractivity contribution in [2.45, 2.75) is 32.8 Å². The largest absolute Gasteiger partial charge is 0.478 e. The number of aliphatic carboxylic acids is 2. The van der Waals surface area contributed by atoms with Gasteiger partial charge >= 0.3 is 11.9 Å². The Kier molecular flexibility index (Phi) is 16.3. The fourth-order valence-corrected chi connectivity index (χ4v) is 0.652. The minimum atomic E-state index is -1.26. The van der Waals surface area contributed by atoms with Gasteiger partial charge in [0, 0.05) is 18.8 Å². The Morgan fingerprint density at radius 1 is 1.25 bits per heavy atom. The molecule has 1 saturated heterocycles. The minimum absolute atomic E-state index is 0.143. The molecule has 1 rings (SSSR count). The lowest BCUT2D eigenvalue weighted by Gasteiger charge is -1.97. The molecule has 118 valence electrons. The van der Waals surface area contributed by atoms with Crippen LogP contribution in [-0.4, -0.2) is 59.8 Å². The van der Waals surface area contributed by atoms with Gasteiger partial charge in [-0.25, -0.2) is 9.59 Å². The first kappa shape index (κ1) is 20.9. The van der Waals surface area contributed by atoms with E-state index in [1.165, 1.54) is 0 Å². The summed E-state index contributed by atoms with van der Waals surface area (Å²) in [7, 11) is 0. The summed E-state index contributed by atoms with van der Waals surface area (Å²) >= 11 is 0. The molecule has 0 aromatic carbocycles. The van der Waals surface area contributed by atoms with Gasteiger partial charge in [-0.05, 0) is 13.3 Å². The summed E-state index contributed by atoms with van der Waals surface area (Å²) in [5.41, 5.74) is 0. The molecule has 1 heterocycles. The zero-order chi connectivity index (χ0) is 15.8. The molecule has 7 nitrogen and oxygen atoms in total. The third-order valence-electron chi connectivity index (χ3n) is 1.75. The molecule has 0 spiro atoms. The standard InChI is InChI=1S/C6H14O2.C4H4O4.C3H6O/c1-2-3-5-8-6-4-7;5-3(6)1-2-4(7)8;1-3-2-4-3/h7H,2-6H2,1H3;1-2H,(H,5,6)(H,7,8);3H,2H2,1H3/b;2-1-;. The van der Waals surface area contributed by atoms with E-state index in [1.54, 1.807) is 0 Å². The van der Waals surface area contributed by atoms with E-state index in [-0.39, 0.29) is 6.61 Å². The van der Waals surface area contributed by atoms with Gasteiger partial charge in [0.1, 0.15) is 0 Å². The molecule has 1 fully saturated rings. The molecule has 0 radical (unpaired) electrons. The zero-order valence-electron chi connectivity index (χ0n) is 11.9. The van der Waals surface area contributed by atoms with Gasteiger partial charge in [-0.15, -0.1) is 0 Å². The fraction of sp³-hybridized carbons (Fsp3) is 0.692. The molecule has 0 bridgehead atoms. The number of aliphatic hydroxyl groups is 1. The Labute approximate surface area is 118 Å². The van der Waals surface area contributed by atoms with Crippen molar-refractivity contribution in [3.05, 3.63) is 12.2 Å². The van der Waals surface area contributed by atoms with E-state index >= 15 is 0 Å². The molecule has 0 aliphatic carbocycles. The molecule has 0 aromatic heterocycles. The van der Waals surface area contributed by atoms with E-state index in [0.717, 1.165) is 26.1 Å². The molecular formula is C13H24O7. The first-order valence-electron chi connectivity index (χ1n) is 6.38. The number of aliphatic hydroxyl groups excluding tert-OH is 1. The van der Waals surface area contributed by atoms with Crippen molar-refractivity contribution < 1.29 is 34.4 Å². The Bertz CT molecular complexity index is 250. The second-order valence-electron chi connectivity index (χ2n) is 3.84. The van der Waals surface area contributed by atoms with Gasteiger partial charge in [-0.2, -0.15) is 0 Å². The van der Waals surface area contributed by atoms with Crippen LogP contribution >= 0.6 is 0 Å². The van der Waals surface area contributed by atoms with Gasteiger partial charge in [0.05, 0.1) is 25.9 Å². The number of unbranched alkanes of at least 4 members (excludes halogenated alkanes) is 1. The Morgan fingerprint density at radius 2 is 1.70 bits per heavy atom. The first-order valence-corrected chi connectivity index (χ1v) is 6.38. The summed E-state index contributed by atoms with van der Waals surface area (Å²) in [5.74, 6) is -2.51. The molecule has 20 heavy (non-hydrogen) atoms. The fourth-order valence-electron chi connectivity index (χ4n) is 0.652. The molecule has 1 aliphatic heterocycles. The lowest BCUT2D eigenvalue weighted by atomic mass is 10.4. The summed E-state index contributed by atoms with van der Waals surface area (Å²) in [6.45, 7) is 6.57. The number of epoxide rings is 1. The second kappa shape index (κ2) is 15.6. The van der Waals surface area contributed by atoms with Gasteiger partial charge < -0.3 is 24.8 Å². The predicted molar refractivity (Wildman–Crippen MR) is 72.6 cm³/mol. The van der Waals surface area contributed by atoms with Gasteiger partial charge in [-0.3, -0.25) is 0 Å². The van der Waals surface area contributed by atoms with Crippen molar-refractivity contribution in [1.82, 2.24) is 0 Å². The third-order valence-corrected chi connectivity index (χ3v) is 1.75. The number of carbonyl (C=O) groups is 2. The van der Waals surface area contributed by atoms with E-state index in [9.17, 15) is 9.59 Å². The van der Waals surface area contributed by atoms with Crippen molar-refractivity contribution in [1.29, 1.82) is 0 Å². The topological polar surface area (TPSA) is 117 Å². The molecule has 7 heteroatoms. The number of carboxylic acid groups (broad SMARTS) is 2. The number of ether oxygens (including phenoxy) is 2. The average Bonchev–Trinajstić information content (AvgIpc) is 3.16. The predicted octanol–water partition coefficient (Wildman–Crippen LogP) is 0.912. The number of rotatable bonds is 7. The van der Waals surface area contributed by atoms with Crippen LogP contribution in [-0.2, 0) is 19.1 Å². The normalized spacial score (nSPS) is 15.7. The zero-order valence-corrected chi connectivity index (χ0v) is 11.9. The summed E-state index contributed by atoms with van der Waals surface area (Å²) in [6.07, 6.45) is 3.95. The van der Waals surface area contributed by atoms with Crippen LogP contribution in [0, 0.1) is 0 Å². The van der Waals surface area contributed by atoms with E-state index in [1.807, 2.05) is 0 Å². The number of carboxylic acids is 2. The van der Waals surface area contributed by atoms with Crippen LogP contribution in [0.25, 0.3) is 0 Å². The molecule has 0 saturated carbocycles. The number of hydrogen-bond acceptors (Lipinski definition) is 5. The summed E-state index contributed by atoms with van der Waals surface area (Å²) in [6, 6.07) is 0. The van der Waals surface area contributed by atoms with Crippen molar-refractivity contribution in [2.24, 2.45) is 0 Å². The van der Waals surface area contributed by atoms with E-state index in [0.29, 0.717) is 24.9 Å². The Morgan fingerprint density at radius 3 is 1.95 bits per heavy atom. The van der Waals surface area contributed by atoms with Crippen molar-refractivity contribution in [2.75, 3.05) is 26.4 Å². The van der Waals surface area contributed by atoms with Gasteiger partial charge in [0.15, 0.2) is 0 Å². The van der Waals surface area contributed by atoms with Crippen LogP contribution < -0.4 is 0 Å². The maximum absolute atomic E-state index is 9.55.